The first kappa shape index (κ1) is 10.5. The Morgan fingerprint density at radius 3 is 2.54 bits per heavy atom. The van der Waals surface area contributed by atoms with Gasteiger partial charge in [-0.3, -0.25) is 4.79 Å². The number of nitrogens with two attached hydrogens (primary N) is 1. The Morgan fingerprint density at radius 1 is 1.69 bits per heavy atom. The summed E-state index contributed by atoms with van der Waals surface area (Å²) < 4.78 is 0. The van der Waals surface area contributed by atoms with Gasteiger partial charge in [0, 0.05) is 12.5 Å². The second-order valence-electron chi connectivity index (χ2n) is 4.82. The third-order valence-electron chi connectivity index (χ3n) is 3.60. The van der Waals surface area contributed by atoms with Gasteiger partial charge in [0.25, 0.3) is 0 Å². The number of carbonyl (C=O) groups is 1. The van der Waals surface area contributed by atoms with E-state index >= 15 is 0 Å². The van der Waals surface area contributed by atoms with Crippen LogP contribution < -0.4 is 5.73 Å². The highest BCUT2D eigenvalue weighted by molar-refractivity contribution is 5.67. The van der Waals surface area contributed by atoms with Gasteiger partial charge in [-0.2, -0.15) is 0 Å². The van der Waals surface area contributed by atoms with Crippen LogP contribution in [0.15, 0.2) is 0 Å². The van der Waals surface area contributed by atoms with Crippen LogP contribution in [0.25, 0.3) is 0 Å². The first-order valence-corrected chi connectivity index (χ1v) is 4.83. The van der Waals surface area contributed by atoms with E-state index in [9.17, 15) is 4.79 Å². The number of carboxylic acid groups (broad SMARTS) is 1. The second kappa shape index (κ2) is 3.29. The molecule has 0 aliphatic heterocycles. The van der Waals surface area contributed by atoms with Crippen molar-refractivity contribution >= 4 is 5.97 Å². The van der Waals surface area contributed by atoms with Crippen molar-refractivity contribution in [2.75, 3.05) is 0 Å². The molecular formula is C10H19NO2. The summed E-state index contributed by atoms with van der Waals surface area (Å²) in [5.74, 6) is 0.0963. The molecule has 3 N–H and O–H groups in total. The van der Waals surface area contributed by atoms with Crippen LogP contribution in [0.2, 0.25) is 0 Å². The van der Waals surface area contributed by atoms with Crippen molar-refractivity contribution in [1.29, 1.82) is 0 Å². The molecule has 1 fully saturated rings. The zero-order chi connectivity index (χ0) is 10.2. The molecule has 0 amide bonds. The largest absolute Gasteiger partial charge is 0.481 e. The van der Waals surface area contributed by atoms with Crippen LogP contribution in [0.4, 0.5) is 0 Å². The maximum absolute atomic E-state index is 10.5. The van der Waals surface area contributed by atoms with Crippen LogP contribution in [0.3, 0.4) is 0 Å². The van der Waals surface area contributed by atoms with Gasteiger partial charge in [-0.1, -0.05) is 13.8 Å². The Labute approximate surface area is 79.3 Å². The lowest BCUT2D eigenvalue weighted by atomic mass is 9.52. The molecule has 0 radical (unpaired) electrons. The van der Waals surface area contributed by atoms with E-state index in [2.05, 4.69) is 13.8 Å². The smallest absolute Gasteiger partial charge is 0.303 e. The fourth-order valence-electron chi connectivity index (χ4n) is 2.51. The van der Waals surface area contributed by atoms with E-state index < -0.39 is 5.97 Å². The van der Waals surface area contributed by atoms with Gasteiger partial charge in [0.1, 0.15) is 0 Å². The standard InChI is InChI=1S/C10H19NO2/c1-6(11)8-4-7(5-9(12)13)10(8,2)3/h6-8H,4-5,11H2,1-3H3,(H,12,13)/t6-,7+,8+/m0/s1. The minimum atomic E-state index is -0.693. The summed E-state index contributed by atoms with van der Waals surface area (Å²) >= 11 is 0. The van der Waals surface area contributed by atoms with Crippen LogP contribution in [0, 0.1) is 17.3 Å². The molecule has 1 saturated carbocycles. The van der Waals surface area contributed by atoms with Crippen molar-refractivity contribution in [2.24, 2.45) is 23.0 Å². The quantitative estimate of drug-likeness (QED) is 0.699. The Kier molecular flexibility index (Phi) is 2.66. The van der Waals surface area contributed by atoms with Crippen molar-refractivity contribution < 1.29 is 9.90 Å². The monoisotopic (exact) mass is 185 g/mol. The van der Waals surface area contributed by atoms with E-state index in [-0.39, 0.29) is 17.9 Å². The molecule has 0 aromatic carbocycles. The highest BCUT2D eigenvalue weighted by Crippen LogP contribution is 2.53. The van der Waals surface area contributed by atoms with Crippen molar-refractivity contribution in [3.05, 3.63) is 0 Å². The Morgan fingerprint density at radius 2 is 2.23 bits per heavy atom. The predicted molar refractivity (Wildman–Crippen MR) is 51.3 cm³/mol. The lowest BCUT2D eigenvalue weighted by molar-refractivity contribution is -0.143. The van der Waals surface area contributed by atoms with Crippen LogP contribution in [-0.2, 0) is 4.79 Å². The molecule has 0 unspecified atom stereocenters. The van der Waals surface area contributed by atoms with Gasteiger partial charge >= 0.3 is 5.97 Å². The summed E-state index contributed by atoms with van der Waals surface area (Å²) in [7, 11) is 0. The number of aliphatic carboxylic acids is 1. The van der Waals surface area contributed by atoms with Crippen LogP contribution in [0.5, 0.6) is 0 Å². The Bertz CT molecular complexity index is 211. The normalized spacial score (nSPS) is 33.5. The topological polar surface area (TPSA) is 63.3 Å². The molecule has 13 heavy (non-hydrogen) atoms. The first-order chi connectivity index (χ1) is 5.85. The molecule has 3 heteroatoms. The van der Waals surface area contributed by atoms with Crippen molar-refractivity contribution in [3.8, 4) is 0 Å². The van der Waals surface area contributed by atoms with Crippen molar-refractivity contribution in [3.63, 3.8) is 0 Å². The summed E-state index contributed by atoms with van der Waals surface area (Å²) in [6.45, 7) is 6.25. The van der Waals surface area contributed by atoms with Gasteiger partial charge in [0.15, 0.2) is 0 Å². The van der Waals surface area contributed by atoms with Gasteiger partial charge in [0.05, 0.1) is 0 Å². The summed E-state index contributed by atoms with van der Waals surface area (Å²) in [4.78, 5) is 10.5. The first-order valence-electron chi connectivity index (χ1n) is 4.83. The maximum Gasteiger partial charge on any atom is 0.303 e. The molecule has 0 saturated heterocycles. The molecule has 1 aliphatic rings. The van der Waals surface area contributed by atoms with Crippen LogP contribution >= 0.6 is 0 Å². The highest BCUT2D eigenvalue weighted by atomic mass is 16.4. The molecule has 1 rings (SSSR count). The van der Waals surface area contributed by atoms with Gasteiger partial charge in [-0.15, -0.1) is 0 Å². The van der Waals surface area contributed by atoms with Crippen molar-refractivity contribution in [2.45, 2.75) is 39.7 Å². The lowest BCUT2D eigenvalue weighted by Gasteiger charge is -2.53. The van der Waals surface area contributed by atoms with E-state index in [4.69, 9.17) is 10.8 Å². The zero-order valence-electron chi connectivity index (χ0n) is 8.58. The van der Waals surface area contributed by atoms with Gasteiger partial charge in [-0.25, -0.2) is 0 Å². The number of hydrogen-bond acceptors (Lipinski definition) is 2. The third-order valence-corrected chi connectivity index (χ3v) is 3.60. The van der Waals surface area contributed by atoms with E-state index in [1.165, 1.54) is 0 Å². The predicted octanol–water partition coefficient (Wildman–Crippen LogP) is 1.47. The fourth-order valence-corrected chi connectivity index (χ4v) is 2.51. The molecule has 0 spiro atoms. The molecule has 76 valence electrons. The van der Waals surface area contributed by atoms with Crippen molar-refractivity contribution in [1.82, 2.24) is 0 Å². The molecule has 0 aromatic heterocycles. The highest BCUT2D eigenvalue weighted by Gasteiger charge is 2.49. The van der Waals surface area contributed by atoms with E-state index in [1.807, 2.05) is 6.92 Å². The van der Waals surface area contributed by atoms with Crippen LogP contribution in [-0.4, -0.2) is 17.1 Å². The summed E-state index contributed by atoms with van der Waals surface area (Å²) in [6, 6.07) is 0.181. The molecule has 0 bridgehead atoms. The zero-order valence-corrected chi connectivity index (χ0v) is 8.58. The minimum Gasteiger partial charge on any atom is -0.481 e. The summed E-state index contributed by atoms with van der Waals surface area (Å²) in [5.41, 5.74) is 5.92. The van der Waals surface area contributed by atoms with E-state index in [0.717, 1.165) is 6.42 Å². The maximum atomic E-state index is 10.5. The van der Waals surface area contributed by atoms with Crippen LogP contribution in [0.1, 0.15) is 33.6 Å². The number of rotatable bonds is 3. The van der Waals surface area contributed by atoms with E-state index in [1.54, 1.807) is 0 Å². The second-order valence-corrected chi connectivity index (χ2v) is 4.82. The fraction of sp³-hybridized carbons (Fsp3) is 0.900. The summed E-state index contributed by atoms with van der Waals surface area (Å²) in [6.07, 6.45) is 1.26. The lowest BCUT2D eigenvalue weighted by Crippen LogP contribution is -2.52. The average molecular weight is 185 g/mol. The molecule has 3 atom stereocenters. The molecular weight excluding hydrogens is 166 g/mol. The van der Waals surface area contributed by atoms with Gasteiger partial charge in [0.2, 0.25) is 0 Å². The SMILES string of the molecule is C[C@H](N)[C@H]1C[C@H](CC(=O)O)C1(C)C. The Hall–Kier alpha value is -0.570. The molecule has 3 nitrogen and oxygen atoms in total. The number of hydrogen-bond donors (Lipinski definition) is 2. The van der Waals surface area contributed by atoms with Gasteiger partial charge < -0.3 is 10.8 Å². The molecule has 0 aromatic rings. The van der Waals surface area contributed by atoms with E-state index in [0.29, 0.717) is 11.8 Å². The average Bonchev–Trinajstić information content (AvgIpc) is 1.96. The minimum absolute atomic E-state index is 0.104. The molecule has 1 aliphatic carbocycles. The Balaban J connectivity index is 2.54. The van der Waals surface area contributed by atoms with Gasteiger partial charge in [-0.05, 0) is 30.6 Å². The summed E-state index contributed by atoms with van der Waals surface area (Å²) in [5, 5.41) is 8.67. The third kappa shape index (κ3) is 1.85. The number of carboxylic acids is 1. The molecule has 0 heterocycles.